The molecule has 0 aromatic rings. The molecule has 1 unspecified atom stereocenters. The number of nitrogens with one attached hydrogen (secondary N) is 1. The van der Waals surface area contributed by atoms with Crippen molar-refractivity contribution >= 4 is 17.4 Å². The third kappa shape index (κ3) is 2.74. The van der Waals surface area contributed by atoms with Crippen LogP contribution in [0.1, 0.15) is 6.92 Å². The van der Waals surface area contributed by atoms with Crippen molar-refractivity contribution in [2.45, 2.75) is 6.92 Å². The van der Waals surface area contributed by atoms with Gasteiger partial charge in [0.05, 0.1) is 11.8 Å². The molecule has 0 spiro atoms. The van der Waals surface area contributed by atoms with Gasteiger partial charge in [0, 0.05) is 11.9 Å². The predicted octanol–water partition coefficient (Wildman–Crippen LogP) is 1.99. The molecule has 1 rings (SSSR count). The first-order valence-electron chi connectivity index (χ1n) is 4.14. The van der Waals surface area contributed by atoms with Gasteiger partial charge in [-0.25, -0.2) is 0 Å². The summed E-state index contributed by atoms with van der Waals surface area (Å²) in [6.07, 6.45) is 9.35. The fourth-order valence-electron chi connectivity index (χ4n) is 1.03. The van der Waals surface area contributed by atoms with Crippen molar-refractivity contribution in [1.29, 1.82) is 0 Å². The lowest BCUT2D eigenvalue weighted by molar-refractivity contribution is -0.119. The number of alkyl halides is 1. The predicted molar refractivity (Wildman–Crippen MR) is 54.4 cm³/mol. The Balaban J connectivity index is 2.71. The van der Waals surface area contributed by atoms with E-state index in [9.17, 15) is 4.79 Å². The van der Waals surface area contributed by atoms with Crippen LogP contribution in [0.15, 0.2) is 36.2 Å². The van der Waals surface area contributed by atoms with E-state index in [1.54, 1.807) is 6.20 Å². The fraction of sp³-hybridized carbons (Fsp3) is 0.300. The van der Waals surface area contributed by atoms with Gasteiger partial charge >= 0.3 is 0 Å². The van der Waals surface area contributed by atoms with Gasteiger partial charge in [0.15, 0.2) is 5.78 Å². The van der Waals surface area contributed by atoms with Crippen molar-refractivity contribution < 1.29 is 4.79 Å². The van der Waals surface area contributed by atoms with Crippen LogP contribution in [0, 0.1) is 5.92 Å². The minimum absolute atomic E-state index is 0.0316. The van der Waals surface area contributed by atoms with Crippen LogP contribution in [0.5, 0.6) is 0 Å². The van der Waals surface area contributed by atoms with E-state index >= 15 is 0 Å². The molecule has 0 aliphatic carbocycles. The molecule has 0 aromatic heterocycles. The maximum atomic E-state index is 11.3. The van der Waals surface area contributed by atoms with Crippen molar-refractivity contribution in [3.8, 4) is 0 Å². The first-order chi connectivity index (χ1) is 6.25. The molecule has 1 aliphatic heterocycles. The number of halogens is 1. The van der Waals surface area contributed by atoms with Crippen LogP contribution in [0.4, 0.5) is 0 Å². The van der Waals surface area contributed by atoms with E-state index in [2.05, 4.69) is 5.32 Å². The number of Topliss-reactive ketones (excluding diaryl/α,β-unsaturated/α-hetero) is 1. The van der Waals surface area contributed by atoms with Crippen molar-refractivity contribution in [3.63, 3.8) is 0 Å². The van der Waals surface area contributed by atoms with E-state index in [0.717, 1.165) is 5.70 Å². The van der Waals surface area contributed by atoms with Crippen LogP contribution in [0.2, 0.25) is 0 Å². The maximum absolute atomic E-state index is 11.3. The van der Waals surface area contributed by atoms with Gasteiger partial charge < -0.3 is 5.32 Å². The molecule has 0 saturated heterocycles. The molecule has 0 amide bonds. The zero-order valence-corrected chi connectivity index (χ0v) is 8.21. The van der Waals surface area contributed by atoms with Gasteiger partial charge in [0.1, 0.15) is 0 Å². The van der Waals surface area contributed by atoms with E-state index in [1.807, 2.05) is 31.2 Å². The lowest BCUT2D eigenvalue weighted by atomic mass is 10.0. The minimum atomic E-state index is -0.162. The van der Waals surface area contributed by atoms with Crippen molar-refractivity contribution in [2.24, 2.45) is 5.92 Å². The molecule has 0 bridgehead atoms. The molecule has 2 nitrogen and oxygen atoms in total. The second-order valence-electron chi connectivity index (χ2n) is 2.83. The number of hydrogen-bond acceptors (Lipinski definition) is 2. The Morgan fingerprint density at radius 2 is 2.31 bits per heavy atom. The third-order valence-electron chi connectivity index (χ3n) is 1.93. The summed E-state index contributed by atoms with van der Waals surface area (Å²) in [5.74, 6) is -0.0674. The summed E-state index contributed by atoms with van der Waals surface area (Å²) in [4.78, 5) is 11.3. The highest BCUT2D eigenvalue weighted by Crippen LogP contribution is 2.11. The number of rotatable bonds is 3. The summed E-state index contributed by atoms with van der Waals surface area (Å²) in [7, 11) is 0. The smallest absolute Gasteiger partial charge is 0.156 e. The zero-order chi connectivity index (χ0) is 9.68. The van der Waals surface area contributed by atoms with Crippen LogP contribution in [0.3, 0.4) is 0 Å². The molecule has 13 heavy (non-hydrogen) atoms. The number of ketones is 1. The Hall–Kier alpha value is -1.02. The highest BCUT2D eigenvalue weighted by molar-refractivity contribution is 6.28. The van der Waals surface area contributed by atoms with Crippen LogP contribution in [0.25, 0.3) is 0 Å². The van der Waals surface area contributed by atoms with Gasteiger partial charge in [-0.1, -0.05) is 12.2 Å². The van der Waals surface area contributed by atoms with Gasteiger partial charge in [0.2, 0.25) is 0 Å². The van der Waals surface area contributed by atoms with Gasteiger partial charge in [0.25, 0.3) is 0 Å². The SMILES string of the molecule is CC(C(=O)CCl)C1=CC=CC=CN1. The lowest BCUT2D eigenvalue weighted by Crippen LogP contribution is -2.21. The highest BCUT2D eigenvalue weighted by Gasteiger charge is 2.15. The van der Waals surface area contributed by atoms with E-state index in [-0.39, 0.29) is 17.6 Å². The standard InChI is InChI=1S/C10H12ClNO/c1-8(10(13)7-11)9-5-3-2-4-6-12-9/h2-6,8,12H,7H2,1H3. The second kappa shape index (κ2) is 4.87. The molecule has 1 atom stereocenters. The topological polar surface area (TPSA) is 29.1 Å². The Labute approximate surface area is 83.0 Å². The Bertz CT molecular complexity index is 279. The highest BCUT2D eigenvalue weighted by atomic mass is 35.5. The number of carbonyl (C=O) groups excluding carboxylic acids is 1. The quantitative estimate of drug-likeness (QED) is 0.702. The molecular weight excluding hydrogens is 186 g/mol. The van der Waals surface area contributed by atoms with Crippen LogP contribution < -0.4 is 5.32 Å². The van der Waals surface area contributed by atoms with E-state index in [0.29, 0.717) is 0 Å². The molecule has 70 valence electrons. The van der Waals surface area contributed by atoms with Crippen molar-refractivity contribution in [3.05, 3.63) is 36.2 Å². The molecule has 0 aromatic carbocycles. The van der Waals surface area contributed by atoms with Gasteiger partial charge in [-0.2, -0.15) is 0 Å². The molecule has 1 N–H and O–H groups in total. The lowest BCUT2D eigenvalue weighted by Gasteiger charge is -2.12. The Morgan fingerprint density at radius 1 is 1.54 bits per heavy atom. The average molecular weight is 198 g/mol. The summed E-state index contributed by atoms with van der Waals surface area (Å²) in [6.45, 7) is 1.84. The van der Waals surface area contributed by atoms with E-state index in [1.165, 1.54) is 0 Å². The molecule has 1 heterocycles. The minimum Gasteiger partial charge on any atom is -0.364 e. The summed E-state index contributed by atoms with van der Waals surface area (Å²) >= 11 is 5.47. The van der Waals surface area contributed by atoms with Gasteiger partial charge in [-0.3, -0.25) is 4.79 Å². The number of hydrogen-bond donors (Lipinski definition) is 1. The second-order valence-corrected chi connectivity index (χ2v) is 3.10. The number of carbonyl (C=O) groups is 1. The molecule has 0 fully saturated rings. The summed E-state index contributed by atoms with van der Waals surface area (Å²) in [5.41, 5.74) is 0.885. The molecule has 0 radical (unpaired) electrons. The third-order valence-corrected chi connectivity index (χ3v) is 2.19. The maximum Gasteiger partial charge on any atom is 0.156 e. The first kappa shape index (κ1) is 10.1. The van der Waals surface area contributed by atoms with Crippen molar-refractivity contribution in [2.75, 3.05) is 5.88 Å². The molecule has 1 aliphatic rings. The Kier molecular flexibility index (Phi) is 3.77. The summed E-state index contributed by atoms with van der Waals surface area (Å²) in [5, 5.41) is 3.04. The normalized spacial score (nSPS) is 17.2. The first-order valence-corrected chi connectivity index (χ1v) is 4.67. The average Bonchev–Trinajstić information content (AvgIpc) is 2.43. The van der Waals surface area contributed by atoms with Crippen LogP contribution in [-0.2, 0) is 4.79 Å². The molecular formula is C10H12ClNO. The fourth-order valence-corrected chi connectivity index (χ4v) is 1.26. The Morgan fingerprint density at radius 3 is 3.00 bits per heavy atom. The molecule has 3 heteroatoms. The van der Waals surface area contributed by atoms with Gasteiger partial charge in [-0.05, 0) is 19.1 Å². The van der Waals surface area contributed by atoms with Gasteiger partial charge in [-0.15, -0.1) is 11.6 Å². The summed E-state index contributed by atoms with van der Waals surface area (Å²) in [6, 6.07) is 0. The van der Waals surface area contributed by atoms with E-state index < -0.39 is 0 Å². The van der Waals surface area contributed by atoms with Crippen LogP contribution in [-0.4, -0.2) is 11.7 Å². The largest absolute Gasteiger partial charge is 0.364 e. The zero-order valence-electron chi connectivity index (χ0n) is 7.46. The monoisotopic (exact) mass is 197 g/mol. The van der Waals surface area contributed by atoms with Crippen LogP contribution >= 0.6 is 11.6 Å². The van der Waals surface area contributed by atoms with Crippen molar-refractivity contribution in [1.82, 2.24) is 5.32 Å². The molecule has 0 saturated carbocycles. The number of allylic oxidation sites excluding steroid dienone is 5. The summed E-state index contributed by atoms with van der Waals surface area (Å²) < 4.78 is 0. The van der Waals surface area contributed by atoms with E-state index in [4.69, 9.17) is 11.6 Å².